The number of halogens is 1. The van der Waals surface area contributed by atoms with Crippen LogP contribution >= 0.6 is 27.3 Å². The number of nitrogens with one attached hydrogen (secondary N) is 2. The van der Waals surface area contributed by atoms with E-state index in [-0.39, 0.29) is 11.6 Å². The molecular weight excluding hydrogens is 366 g/mol. The number of amides is 1. The van der Waals surface area contributed by atoms with Gasteiger partial charge >= 0.3 is 0 Å². The Morgan fingerprint density at radius 2 is 1.95 bits per heavy atom. The first-order chi connectivity index (χ1) is 9.33. The smallest absolute Gasteiger partial charge is 0.296 e. The number of benzene rings is 1. The summed E-state index contributed by atoms with van der Waals surface area (Å²) in [6, 6.07) is 7.96. The molecule has 20 heavy (non-hydrogen) atoms. The summed E-state index contributed by atoms with van der Waals surface area (Å²) in [6.45, 7) is 0. The largest absolute Gasteiger partial charge is 0.322 e. The SMILES string of the molecule is NS(=O)(=O)Nc1cccc(NC(=O)c2csc(Br)c2)c1. The van der Waals surface area contributed by atoms with Crippen molar-refractivity contribution in [2.75, 3.05) is 10.0 Å². The lowest BCUT2D eigenvalue weighted by atomic mass is 10.2. The molecule has 0 aliphatic rings. The number of hydrogen-bond donors (Lipinski definition) is 3. The number of thiophene rings is 1. The molecule has 0 aliphatic carbocycles. The standard InChI is InChI=1S/C11H10BrN3O3S2/c12-10-4-7(6-19-10)11(16)14-8-2-1-3-9(5-8)15-20(13,17)18/h1-6,15H,(H,14,16)(H2,13,17,18). The molecule has 2 aromatic rings. The average molecular weight is 376 g/mol. The van der Waals surface area contributed by atoms with E-state index in [9.17, 15) is 13.2 Å². The molecule has 1 aromatic heterocycles. The van der Waals surface area contributed by atoms with Crippen LogP contribution in [0.1, 0.15) is 10.4 Å². The number of hydrogen-bond acceptors (Lipinski definition) is 4. The minimum Gasteiger partial charge on any atom is -0.322 e. The normalized spacial score (nSPS) is 11.1. The van der Waals surface area contributed by atoms with Crippen molar-refractivity contribution in [2.45, 2.75) is 0 Å². The van der Waals surface area contributed by atoms with Crippen LogP contribution in [-0.4, -0.2) is 14.3 Å². The molecule has 0 unspecified atom stereocenters. The molecule has 1 amide bonds. The maximum atomic E-state index is 11.9. The summed E-state index contributed by atoms with van der Waals surface area (Å²) in [5.74, 6) is -0.278. The Morgan fingerprint density at radius 3 is 2.55 bits per heavy atom. The Labute approximate surface area is 128 Å². The molecule has 1 aromatic carbocycles. The zero-order valence-electron chi connectivity index (χ0n) is 9.96. The predicted molar refractivity (Wildman–Crippen MR) is 83.1 cm³/mol. The van der Waals surface area contributed by atoms with Gasteiger partial charge < -0.3 is 5.32 Å². The van der Waals surface area contributed by atoms with E-state index >= 15 is 0 Å². The first-order valence-electron chi connectivity index (χ1n) is 5.29. The second-order valence-corrected chi connectivity index (χ2v) is 7.41. The Bertz CT molecular complexity index is 743. The summed E-state index contributed by atoms with van der Waals surface area (Å²) in [7, 11) is -3.84. The van der Waals surface area contributed by atoms with E-state index in [1.54, 1.807) is 23.6 Å². The third-order valence-corrected chi connectivity index (χ3v) is 4.23. The molecule has 1 heterocycles. The quantitative estimate of drug-likeness (QED) is 0.764. The van der Waals surface area contributed by atoms with Crippen LogP contribution in [0, 0.1) is 0 Å². The molecule has 0 fully saturated rings. The van der Waals surface area contributed by atoms with Crippen molar-refractivity contribution in [3.05, 3.63) is 45.1 Å². The molecular formula is C11H10BrN3O3S2. The summed E-state index contributed by atoms with van der Waals surface area (Å²) in [5, 5.41) is 9.27. The van der Waals surface area contributed by atoms with Crippen molar-refractivity contribution in [3.8, 4) is 0 Å². The topological polar surface area (TPSA) is 101 Å². The van der Waals surface area contributed by atoms with Gasteiger partial charge in [-0.15, -0.1) is 11.3 Å². The molecule has 0 bridgehead atoms. The van der Waals surface area contributed by atoms with Crippen LogP contribution in [0.3, 0.4) is 0 Å². The van der Waals surface area contributed by atoms with Gasteiger partial charge in [0.15, 0.2) is 0 Å². The zero-order chi connectivity index (χ0) is 14.8. The minimum atomic E-state index is -3.84. The van der Waals surface area contributed by atoms with Crippen molar-refractivity contribution in [1.29, 1.82) is 0 Å². The Hall–Kier alpha value is -1.42. The van der Waals surface area contributed by atoms with Crippen LogP contribution in [-0.2, 0) is 10.2 Å². The van der Waals surface area contributed by atoms with Crippen molar-refractivity contribution >= 4 is 54.8 Å². The third kappa shape index (κ3) is 4.30. The summed E-state index contributed by atoms with van der Waals surface area (Å²) >= 11 is 4.68. The average Bonchev–Trinajstić information content (AvgIpc) is 2.74. The highest BCUT2D eigenvalue weighted by Gasteiger charge is 2.09. The van der Waals surface area contributed by atoms with Gasteiger partial charge in [-0.3, -0.25) is 9.52 Å². The van der Waals surface area contributed by atoms with Gasteiger partial charge in [0.25, 0.3) is 16.1 Å². The molecule has 0 saturated heterocycles. The molecule has 0 saturated carbocycles. The second kappa shape index (κ2) is 5.92. The van der Waals surface area contributed by atoms with Crippen LogP contribution in [0.15, 0.2) is 39.5 Å². The highest BCUT2D eigenvalue weighted by Crippen LogP contribution is 2.22. The number of nitrogens with two attached hydrogens (primary N) is 1. The van der Waals surface area contributed by atoms with Crippen molar-refractivity contribution < 1.29 is 13.2 Å². The molecule has 0 atom stereocenters. The summed E-state index contributed by atoms with van der Waals surface area (Å²) in [4.78, 5) is 11.9. The molecule has 9 heteroatoms. The molecule has 106 valence electrons. The number of carbonyl (C=O) groups is 1. The lowest BCUT2D eigenvalue weighted by molar-refractivity contribution is 0.102. The molecule has 0 aliphatic heterocycles. The van der Waals surface area contributed by atoms with Gasteiger partial charge in [-0.05, 0) is 40.2 Å². The van der Waals surface area contributed by atoms with E-state index in [4.69, 9.17) is 5.14 Å². The minimum absolute atomic E-state index is 0.275. The molecule has 0 radical (unpaired) electrons. The fourth-order valence-electron chi connectivity index (χ4n) is 1.46. The number of anilines is 2. The van der Waals surface area contributed by atoms with Crippen molar-refractivity contribution in [2.24, 2.45) is 5.14 Å². The molecule has 4 N–H and O–H groups in total. The van der Waals surface area contributed by atoms with Gasteiger partial charge in [-0.1, -0.05) is 6.07 Å². The lowest BCUT2D eigenvalue weighted by Gasteiger charge is -2.07. The Balaban J connectivity index is 2.14. The van der Waals surface area contributed by atoms with Gasteiger partial charge in [0.2, 0.25) is 0 Å². The van der Waals surface area contributed by atoms with E-state index in [2.05, 4.69) is 26.0 Å². The number of carbonyl (C=O) groups excluding carboxylic acids is 1. The summed E-state index contributed by atoms with van der Waals surface area (Å²) < 4.78 is 24.9. The fourth-order valence-corrected chi connectivity index (χ4v) is 3.05. The number of rotatable bonds is 4. The van der Waals surface area contributed by atoms with E-state index in [0.29, 0.717) is 11.3 Å². The highest BCUT2D eigenvalue weighted by molar-refractivity contribution is 9.11. The fraction of sp³-hybridized carbons (Fsp3) is 0. The zero-order valence-corrected chi connectivity index (χ0v) is 13.2. The van der Waals surface area contributed by atoms with E-state index in [1.807, 2.05) is 0 Å². The molecule has 2 rings (SSSR count). The molecule has 6 nitrogen and oxygen atoms in total. The van der Waals surface area contributed by atoms with Crippen LogP contribution in [0.25, 0.3) is 0 Å². The van der Waals surface area contributed by atoms with Gasteiger partial charge in [0, 0.05) is 11.1 Å². The second-order valence-electron chi connectivity index (χ2n) is 3.82. The van der Waals surface area contributed by atoms with Crippen LogP contribution < -0.4 is 15.2 Å². The van der Waals surface area contributed by atoms with Crippen LogP contribution in [0.2, 0.25) is 0 Å². The monoisotopic (exact) mass is 375 g/mol. The van der Waals surface area contributed by atoms with E-state index < -0.39 is 10.2 Å². The summed E-state index contributed by atoms with van der Waals surface area (Å²) in [5.41, 5.74) is 1.26. The van der Waals surface area contributed by atoms with Crippen LogP contribution in [0.4, 0.5) is 11.4 Å². The first-order valence-corrected chi connectivity index (χ1v) is 8.51. The van der Waals surface area contributed by atoms with Gasteiger partial charge in [0.1, 0.15) is 0 Å². The maximum Gasteiger partial charge on any atom is 0.296 e. The van der Waals surface area contributed by atoms with E-state index in [1.165, 1.54) is 23.5 Å². The Morgan fingerprint density at radius 1 is 1.25 bits per heavy atom. The maximum absolute atomic E-state index is 11.9. The van der Waals surface area contributed by atoms with E-state index in [0.717, 1.165) is 3.79 Å². The lowest BCUT2D eigenvalue weighted by Crippen LogP contribution is -2.21. The van der Waals surface area contributed by atoms with Crippen LogP contribution in [0.5, 0.6) is 0 Å². The predicted octanol–water partition coefficient (Wildman–Crippen LogP) is 2.38. The highest BCUT2D eigenvalue weighted by atomic mass is 79.9. The van der Waals surface area contributed by atoms with Crippen molar-refractivity contribution in [1.82, 2.24) is 0 Å². The van der Waals surface area contributed by atoms with Gasteiger partial charge in [-0.2, -0.15) is 8.42 Å². The van der Waals surface area contributed by atoms with Crippen molar-refractivity contribution in [3.63, 3.8) is 0 Å². The first kappa shape index (κ1) is 15.0. The summed E-state index contributed by atoms with van der Waals surface area (Å²) in [6.07, 6.45) is 0. The Kier molecular flexibility index (Phi) is 4.43. The third-order valence-electron chi connectivity index (χ3n) is 2.21. The van der Waals surface area contributed by atoms with Gasteiger partial charge in [0.05, 0.1) is 15.0 Å². The van der Waals surface area contributed by atoms with Gasteiger partial charge in [-0.25, -0.2) is 5.14 Å². The molecule has 0 spiro atoms.